The van der Waals surface area contributed by atoms with E-state index in [1.165, 1.54) is 25.3 Å². The van der Waals surface area contributed by atoms with Crippen LogP contribution in [0.25, 0.3) is 0 Å². The van der Waals surface area contributed by atoms with Gasteiger partial charge in [-0.05, 0) is 55.3 Å². The van der Waals surface area contributed by atoms with E-state index in [2.05, 4.69) is 4.72 Å². The number of nitrogens with one attached hydrogen (secondary N) is 1. The summed E-state index contributed by atoms with van der Waals surface area (Å²) in [5, 5.41) is 14.3. The van der Waals surface area contributed by atoms with Gasteiger partial charge in [0.25, 0.3) is 10.0 Å². The first kappa shape index (κ1) is 20.7. The van der Waals surface area contributed by atoms with Gasteiger partial charge in [-0.2, -0.15) is 0 Å². The Bertz CT molecular complexity index is 1120. The zero-order valence-electron chi connectivity index (χ0n) is 14.7. The second-order valence-electron chi connectivity index (χ2n) is 5.74. The summed E-state index contributed by atoms with van der Waals surface area (Å²) < 4.78 is 56.0. The van der Waals surface area contributed by atoms with Crippen LogP contribution in [0.1, 0.15) is 21.5 Å². The van der Waals surface area contributed by atoms with Crippen LogP contribution in [0.3, 0.4) is 0 Å². The number of aryl methyl sites for hydroxylation is 1. The van der Waals surface area contributed by atoms with Gasteiger partial charge < -0.3 is 9.84 Å². The second kappa shape index (κ2) is 7.18. The average molecular weight is 414 g/mol. The first-order valence-electron chi connectivity index (χ1n) is 7.45. The summed E-state index contributed by atoms with van der Waals surface area (Å²) >= 11 is 0. The minimum absolute atomic E-state index is 0.0413. The number of ether oxygens (including phenoxy) is 1. The van der Waals surface area contributed by atoms with Gasteiger partial charge in [-0.1, -0.05) is 0 Å². The fraction of sp³-hybridized carbons (Fsp3) is 0.188. The zero-order chi connectivity index (χ0) is 20.6. The summed E-state index contributed by atoms with van der Waals surface area (Å²) in [6, 6.07) is 5.98. The molecule has 146 valence electrons. The molecule has 2 rings (SSSR count). The molecule has 0 aliphatic heterocycles. The first-order chi connectivity index (χ1) is 12.4. The molecule has 0 radical (unpaired) electrons. The fourth-order valence-electron chi connectivity index (χ4n) is 2.40. The Morgan fingerprint density at radius 1 is 1.07 bits per heavy atom. The third kappa shape index (κ3) is 4.38. The van der Waals surface area contributed by atoms with Crippen molar-refractivity contribution < 1.29 is 31.5 Å². The van der Waals surface area contributed by atoms with Crippen molar-refractivity contribution in [2.45, 2.75) is 23.6 Å². The van der Waals surface area contributed by atoms with E-state index in [1.807, 2.05) is 0 Å². The van der Waals surface area contributed by atoms with E-state index in [1.54, 1.807) is 13.8 Å². The number of nitrogens with two attached hydrogens (primary N) is 1. The molecule has 2 aromatic carbocycles. The second-order valence-corrected chi connectivity index (χ2v) is 8.92. The first-order valence-corrected chi connectivity index (χ1v) is 10.5. The molecule has 0 fully saturated rings. The van der Waals surface area contributed by atoms with Crippen LogP contribution in [0.5, 0.6) is 5.75 Å². The number of hydrogen-bond donors (Lipinski definition) is 3. The predicted octanol–water partition coefficient (Wildman–Crippen LogP) is 1.46. The molecule has 27 heavy (non-hydrogen) atoms. The third-order valence-electron chi connectivity index (χ3n) is 3.88. The number of benzene rings is 2. The van der Waals surface area contributed by atoms with E-state index in [-0.39, 0.29) is 21.9 Å². The summed E-state index contributed by atoms with van der Waals surface area (Å²) in [4.78, 5) is 10.6. The number of methoxy groups -OCH3 is 1. The molecule has 0 spiro atoms. The van der Waals surface area contributed by atoms with Gasteiger partial charge >= 0.3 is 5.97 Å². The van der Waals surface area contributed by atoms with Crippen LogP contribution in [0.15, 0.2) is 40.1 Å². The van der Waals surface area contributed by atoms with E-state index in [4.69, 9.17) is 15.0 Å². The number of anilines is 1. The lowest BCUT2D eigenvalue weighted by Crippen LogP contribution is -2.17. The Morgan fingerprint density at radius 2 is 1.70 bits per heavy atom. The normalized spacial score (nSPS) is 11.9. The van der Waals surface area contributed by atoms with Crippen molar-refractivity contribution in [1.82, 2.24) is 0 Å². The van der Waals surface area contributed by atoms with Gasteiger partial charge in [-0.15, -0.1) is 0 Å². The number of carboxylic acid groups (broad SMARTS) is 1. The number of carbonyl (C=O) groups is 1. The third-order valence-corrected chi connectivity index (χ3v) is 6.32. The molecule has 2 aromatic rings. The van der Waals surface area contributed by atoms with Crippen LogP contribution >= 0.6 is 0 Å². The topological polar surface area (TPSA) is 153 Å². The van der Waals surface area contributed by atoms with Crippen molar-refractivity contribution in [3.05, 3.63) is 47.0 Å². The summed E-state index contributed by atoms with van der Waals surface area (Å²) in [6.45, 7) is 3.13. The minimum Gasteiger partial charge on any atom is -0.495 e. The Kier molecular flexibility index (Phi) is 5.50. The Balaban J connectivity index is 2.57. The standard InChI is InChI=1S/C16H18N2O7S2/c1-9-6-11(16(19)20)7-14(10(9)2)27(23,24)18-12-4-5-13(25-3)15(8-12)26(17,21)22/h4-8,18H,1-3H3,(H,19,20)(H2,17,21,22). The van der Waals surface area contributed by atoms with Crippen LogP contribution in [0.2, 0.25) is 0 Å². The Morgan fingerprint density at radius 3 is 2.22 bits per heavy atom. The van der Waals surface area contributed by atoms with Crippen LogP contribution in [-0.2, 0) is 20.0 Å². The van der Waals surface area contributed by atoms with E-state index in [9.17, 15) is 21.6 Å². The zero-order valence-corrected chi connectivity index (χ0v) is 16.3. The van der Waals surface area contributed by atoms with Gasteiger partial charge in [-0.3, -0.25) is 4.72 Å². The van der Waals surface area contributed by atoms with Crippen LogP contribution in [0.4, 0.5) is 5.69 Å². The Labute approximate surface area is 156 Å². The van der Waals surface area contributed by atoms with E-state index >= 15 is 0 Å². The maximum atomic E-state index is 12.7. The lowest BCUT2D eigenvalue weighted by atomic mass is 10.1. The van der Waals surface area contributed by atoms with Gasteiger partial charge in [0.1, 0.15) is 10.6 Å². The molecule has 0 aliphatic carbocycles. The molecule has 0 saturated carbocycles. The predicted molar refractivity (Wildman–Crippen MR) is 98.1 cm³/mol. The summed E-state index contributed by atoms with van der Waals surface area (Å²) in [5.74, 6) is -1.31. The monoisotopic (exact) mass is 414 g/mol. The number of sulfonamides is 2. The number of aromatic carboxylic acids is 1. The number of rotatable bonds is 6. The molecular formula is C16H18N2O7S2. The highest BCUT2D eigenvalue weighted by atomic mass is 32.2. The highest BCUT2D eigenvalue weighted by Gasteiger charge is 2.23. The SMILES string of the molecule is COc1ccc(NS(=O)(=O)c2cc(C(=O)O)cc(C)c2C)cc1S(N)(=O)=O. The summed E-state index contributed by atoms with van der Waals surface area (Å²) in [7, 11) is -7.11. The molecule has 0 atom stereocenters. The van der Waals surface area contributed by atoms with Crippen LogP contribution in [-0.4, -0.2) is 35.0 Å². The Hall–Kier alpha value is -2.63. The van der Waals surface area contributed by atoms with E-state index in [0.717, 1.165) is 12.1 Å². The molecule has 0 bridgehead atoms. The average Bonchev–Trinajstić information content (AvgIpc) is 2.55. The molecule has 0 aromatic heterocycles. The van der Waals surface area contributed by atoms with Crippen molar-refractivity contribution >= 4 is 31.7 Å². The maximum Gasteiger partial charge on any atom is 0.335 e. The van der Waals surface area contributed by atoms with Gasteiger partial charge in [-0.25, -0.2) is 26.8 Å². The van der Waals surface area contributed by atoms with Crippen LogP contribution in [0, 0.1) is 13.8 Å². The number of carboxylic acids is 1. The van der Waals surface area contributed by atoms with Gasteiger partial charge in [0.15, 0.2) is 0 Å². The fourth-order valence-corrected chi connectivity index (χ4v) is 4.52. The van der Waals surface area contributed by atoms with Crippen molar-refractivity contribution in [1.29, 1.82) is 0 Å². The highest BCUT2D eigenvalue weighted by Crippen LogP contribution is 2.29. The molecule has 0 heterocycles. The number of primary sulfonamides is 1. The van der Waals surface area contributed by atoms with Crippen LogP contribution < -0.4 is 14.6 Å². The van der Waals surface area contributed by atoms with Gasteiger partial charge in [0.05, 0.1) is 23.3 Å². The largest absolute Gasteiger partial charge is 0.495 e. The van der Waals surface area contributed by atoms with Crippen molar-refractivity contribution in [3.63, 3.8) is 0 Å². The molecule has 0 unspecified atom stereocenters. The molecule has 11 heteroatoms. The minimum atomic E-state index is -4.19. The smallest absolute Gasteiger partial charge is 0.335 e. The summed E-state index contributed by atoms with van der Waals surface area (Å²) in [6.07, 6.45) is 0. The maximum absolute atomic E-state index is 12.7. The number of hydrogen-bond acceptors (Lipinski definition) is 6. The molecule has 4 N–H and O–H groups in total. The van der Waals surface area contributed by atoms with Crippen molar-refractivity contribution in [2.75, 3.05) is 11.8 Å². The molecule has 0 saturated heterocycles. The van der Waals surface area contributed by atoms with Gasteiger partial charge in [0, 0.05) is 0 Å². The molecular weight excluding hydrogens is 396 g/mol. The van der Waals surface area contributed by atoms with Crippen molar-refractivity contribution in [2.24, 2.45) is 5.14 Å². The van der Waals surface area contributed by atoms with E-state index in [0.29, 0.717) is 11.1 Å². The highest BCUT2D eigenvalue weighted by molar-refractivity contribution is 7.92. The quantitative estimate of drug-likeness (QED) is 0.647. The molecule has 0 amide bonds. The van der Waals surface area contributed by atoms with Crippen molar-refractivity contribution in [3.8, 4) is 5.75 Å². The lowest BCUT2D eigenvalue weighted by Gasteiger charge is -2.14. The summed E-state index contributed by atoms with van der Waals surface area (Å²) in [5.41, 5.74) is 0.596. The molecule has 9 nitrogen and oxygen atoms in total. The lowest BCUT2D eigenvalue weighted by molar-refractivity contribution is 0.0696. The van der Waals surface area contributed by atoms with E-state index < -0.39 is 30.9 Å². The molecule has 0 aliphatic rings. The van der Waals surface area contributed by atoms with Gasteiger partial charge in [0.2, 0.25) is 10.0 Å².